The summed E-state index contributed by atoms with van der Waals surface area (Å²) in [6.45, 7) is 6.36. The van der Waals surface area contributed by atoms with Gasteiger partial charge < -0.3 is 14.4 Å². The molecule has 2 aliphatic rings. The van der Waals surface area contributed by atoms with Crippen LogP contribution in [-0.4, -0.2) is 44.6 Å². The van der Waals surface area contributed by atoms with E-state index in [9.17, 15) is 9.59 Å². The first-order chi connectivity index (χ1) is 12.0. The van der Waals surface area contributed by atoms with E-state index in [1.54, 1.807) is 16.1 Å². The minimum absolute atomic E-state index is 0.0921. The number of nitrogens with zero attached hydrogens (tertiary/aromatic N) is 5. The summed E-state index contributed by atoms with van der Waals surface area (Å²) >= 11 is 0. The molecule has 7 heteroatoms. The van der Waals surface area contributed by atoms with Crippen molar-refractivity contribution in [2.45, 2.75) is 33.4 Å². The number of benzene rings is 1. The third kappa shape index (κ3) is 2.69. The Bertz CT molecular complexity index is 844. The normalized spacial score (nSPS) is 20.1. The molecule has 1 fully saturated rings. The van der Waals surface area contributed by atoms with Gasteiger partial charge in [-0.25, -0.2) is 0 Å². The quantitative estimate of drug-likeness (QED) is 0.773. The SMILES string of the molecule is Cc1ccc(N2CCC(C(=O)N3CCn4cnnc4C3)C2=O)cc1C. The molecule has 7 nitrogen and oxygen atoms in total. The number of anilines is 1. The van der Waals surface area contributed by atoms with Crippen LogP contribution in [0.2, 0.25) is 0 Å². The maximum atomic E-state index is 12.9. The second-order valence-corrected chi connectivity index (χ2v) is 6.80. The minimum Gasteiger partial charge on any atom is -0.333 e. The number of hydrogen-bond donors (Lipinski definition) is 0. The number of carbonyl (C=O) groups excluding carboxylic acids is 2. The molecule has 0 aliphatic carbocycles. The van der Waals surface area contributed by atoms with Crippen LogP contribution >= 0.6 is 0 Å². The van der Waals surface area contributed by atoms with Crippen molar-refractivity contribution in [2.24, 2.45) is 5.92 Å². The van der Waals surface area contributed by atoms with Crippen molar-refractivity contribution in [3.63, 3.8) is 0 Å². The molecule has 0 radical (unpaired) electrons. The zero-order chi connectivity index (χ0) is 17.6. The summed E-state index contributed by atoms with van der Waals surface area (Å²) in [6, 6.07) is 5.99. The molecule has 1 aromatic carbocycles. The molecule has 1 aromatic heterocycles. The molecule has 130 valence electrons. The standard InChI is InChI=1S/C18H21N5O2/c1-12-3-4-14(9-13(12)2)23-6-5-15(18(23)25)17(24)21-7-8-22-11-19-20-16(22)10-21/h3-4,9,11,15H,5-8,10H2,1-2H3. The van der Waals surface area contributed by atoms with E-state index in [-0.39, 0.29) is 11.8 Å². The Hall–Kier alpha value is -2.70. The molecule has 2 amide bonds. The Morgan fingerprint density at radius 3 is 2.80 bits per heavy atom. The molecule has 0 N–H and O–H groups in total. The Kier molecular flexibility index (Phi) is 3.78. The lowest BCUT2D eigenvalue weighted by molar-refractivity contribution is -0.141. The van der Waals surface area contributed by atoms with Crippen LogP contribution in [0.1, 0.15) is 23.4 Å². The van der Waals surface area contributed by atoms with Crippen molar-refractivity contribution in [1.29, 1.82) is 0 Å². The van der Waals surface area contributed by atoms with Crippen molar-refractivity contribution in [2.75, 3.05) is 18.0 Å². The van der Waals surface area contributed by atoms with Crippen molar-refractivity contribution in [3.05, 3.63) is 41.5 Å². The summed E-state index contributed by atoms with van der Waals surface area (Å²) in [7, 11) is 0. The van der Waals surface area contributed by atoms with Gasteiger partial charge in [-0.3, -0.25) is 9.59 Å². The predicted molar refractivity (Wildman–Crippen MR) is 91.8 cm³/mol. The summed E-state index contributed by atoms with van der Waals surface area (Å²) in [4.78, 5) is 29.2. The molecular weight excluding hydrogens is 318 g/mol. The van der Waals surface area contributed by atoms with E-state index in [2.05, 4.69) is 10.2 Å². The zero-order valence-electron chi connectivity index (χ0n) is 14.5. The molecule has 4 rings (SSSR count). The lowest BCUT2D eigenvalue weighted by Gasteiger charge is -2.29. The monoisotopic (exact) mass is 339 g/mol. The summed E-state index contributed by atoms with van der Waals surface area (Å²) in [5.74, 6) is -0.00183. The van der Waals surface area contributed by atoms with E-state index in [1.807, 2.05) is 36.6 Å². The Morgan fingerprint density at radius 1 is 1.16 bits per heavy atom. The van der Waals surface area contributed by atoms with E-state index in [0.29, 0.717) is 32.6 Å². The van der Waals surface area contributed by atoms with Crippen molar-refractivity contribution < 1.29 is 9.59 Å². The van der Waals surface area contributed by atoms with Crippen LogP contribution in [-0.2, 0) is 22.7 Å². The topological polar surface area (TPSA) is 71.3 Å². The molecule has 0 saturated carbocycles. The highest BCUT2D eigenvalue weighted by Crippen LogP contribution is 2.28. The lowest BCUT2D eigenvalue weighted by atomic mass is 10.1. The first-order valence-corrected chi connectivity index (χ1v) is 8.58. The fourth-order valence-electron chi connectivity index (χ4n) is 3.53. The van der Waals surface area contributed by atoms with Gasteiger partial charge in [-0.05, 0) is 43.5 Å². The van der Waals surface area contributed by atoms with Crippen LogP contribution in [0.15, 0.2) is 24.5 Å². The first kappa shape index (κ1) is 15.8. The molecule has 1 atom stereocenters. The summed E-state index contributed by atoms with van der Waals surface area (Å²) in [6.07, 6.45) is 2.24. The minimum atomic E-state index is -0.587. The number of aryl methyl sites for hydroxylation is 2. The van der Waals surface area contributed by atoms with Gasteiger partial charge in [0.05, 0.1) is 6.54 Å². The maximum Gasteiger partial charge on any atom is 0.239 e. The zero-order valence-corrected chi connectivity index (χ0v) is 14.5. The van der Waals surface area contributed by atoms with Gasteiger partial charge in [0.15, 0.2) is 5.82 Å². The molecule has 0 bridgehead atoms. The molecule has 3 heterocycles. The Morgan fingerprint density at radius 2 is 2.00 bits per heavy atom. The van der Waals surface area contributed by atoms with Crippen LogP contribution in [0.25, 0.3) is 0 Å². The third-order valence-electron chi connectivity index (χ3n) is 5.26. The molecule has 2 aromatic rings. The highest BCUT2D eigenvalue weighted by atomic mass is 16.2. The molecule has 2 aliphatic heterocycles. The van der Waals surface area contributed by atoms with Gasteiger partial charge in [0.25, 0.3) is 0 Å². The van der Waals surface area contributed by atoms with Gasteiger partial charge >= 0.3 is 0 Å². The van der Waals surface area contributed by atoms with E-state index >= 15 is 0 Å². The maximum absolute atomic E-state index is 12.9. The molecule has 1 saturated heterocycles. The number of fused-ring (bicyclic) bond motifs is 1. The molecule has 1 unspecified atom stereocenters. The number of aromatic nitrogens is 3. The second-order valence-electron chi connectivity index (χ2n) is 6.80. The van der Waals surface area contributed by atoms with Crippen molar-refractivity contribution in [1.82, 2.24) is 19.7 Å². The van der Waals surface area contributed by atoms with E-state index < -0.39 is 5.92 Å². The van der Waals surface area contributed by atoms with Gasteiger partial charge in [0, 0.05) is 25.3 Å². The average molecular weight is 339 g/mol. The second kappa shape index (κ2) is 5.98. The predicted octanol–water partition coefficient (Wildman–Crippen LogP) is 1.29. The smallest absolute Gasteiger partial charge is 0.239 e. The van der Waals surface area contributed by atoms with E-state index in [4.69, 9.17) is 0 Å². The summed E-state index contributed by atoms with van der Waals surface area (Å²) < 4.78 is 1.95. The largest absolute Gasteiger partial charge is 0.333 e. The van der Waals surface area contributed by atoms with Gasteiger partial charge in [-0.1, -0.05) is 6.07 Å². The van der Waals surface area contributed by atoms with Gasteiger partial charge in [0.2, 0.25) is 11.8 Å². The fourth-order valence-corrected chi connectivity index (χ4v) is 3.53. The highest BCUT2D eigenvalue weighted by molar-refractivity contribution is 6.09. The number of hydrogen-bond acceptors (Lipinski definition) is 4. The Labute approximate surface area is 146 Å². The molecule has 0 spiro atoms. The van der Waals surface area contributed by atoms with Crippen molar-refractivity contribution in [3.8, 4) is 0 Å². The van der Waals surface area contributed by atoms with Gasteiger partial charge in [-0.15, -0.1) is 10.2 Å². The Balaban J connectivity index is 1.50. The van der Waals surface area contributed by atoms with Crippen LogP contribution in [0.3, 0.4) is 0 Å². The van der Waals surface area contributed by atoms with E-state index in [1.165, 1.54) is 5.56 Å². The third-order valence-corrected chi connectivity index (χ3v) is 5.26. The number of rotatable bonds is 2. The number of amides is 2. The van der Waals surface area contributed by atoms with Crippen LogP contribution in [0.4, 0.5) is 5.69 Å². The molecular formula is C18H21N5O2. The van der Waals surface area contributed by atoms with Gasteiger partial charge in [-0.2, -0.15) is 0 Å². The summed E-state index contributed by atoms with van der Waals surface area (Å²) in [5, 5.41) is 7.92. The molecule has 25 heavy (non-hydrogen) atoms. The van der Waals surface area contributed by atoms with Crippen LogP contribution < -0.4 is 4.90 Å². The van der Waals surface area contributed by atoms with Gasteiger partial charge in [0.1, 0.15) is 12.2 Å². The fraction of sp³-hybridized carbons (Fsp3) is 0.444. The highest BCUT2D eigenvalue weighted by Gasteiger charge is 2.40. The van der Waals surface area contributed by atoms with Crippen molar-refractivity contribution >= 4 is 17.5 Å². The lowest BCUT2D eigenvalue weighted by Crippen LogP contribution is -2.43. The number of carbonyl (C=O) groups is 2. The van der Waals surface area contributed by atoms with E-state index in [0.717, 1.165) is 17.1 Å². The van der Waals surface area contributed by atoms with Crippen LogP contribution in [0.5, 0.6) is 0 Å². The summed E-state index contributed by atoms with van der Waals surface area (Å²) in [5.41, 5.74) is 3.22. The average Bonchev–Trinajstić information content (AvgIpc) is 3.22. The first-order valence-electron chi connectivity index (χ1n) is 8.58. The van der Waals surface area contributed by atoms with Crippen LogP contribution in [0, 0.1) is 19.8 Å².